The first kappa shape index (κ1) is 11.7. The van der Waals surface area contributed by atoms with Crippen molar-refractivity contribution in [3.63, 3.8) is 0 Å². The molecule has 1 unspecified atom stereocenters. The van der Waals surface area contributed by atoms with E-state index in [-0.39, 0.29) is 5.22 Å². The molecule has 2 aromatic heterocycles. The third-order valence-corrected chi connectivity index (χ3v) is 3.96. The van der Waals surface area contributed by atoms with Gasteiger partial charge in [0.2, 0.25) is 11.6 Å². The van der Waals surface area contributed by atoms with E-state index in [0.717, 1.165) is 10.7 Å². The first-order valence-electron chi connectivity index (χ1n) is 4.88. The molecule has 0 saturated carbocycles. The fourth-order valence-electron chi connectivity index (χ4n) is 1.47. The van der Waals surface area contributed by atoms with E-state index >= 15 is 0 Å². The Morgan fingerprint density at radius 1 is 1.33 bits per heavy atom. The molecule has 18 heavy (non-hydrogen) atoms. The molecule has 4 N–H and O–H groups in total. The predicted octanol–water partition coefficient (Wildman–Crippen LogP) is 1.97. The number of thiazole rings is 2. The lowest BCUT2D eigenvalue weighted by molar-refractivity contribution is 0.168. The van der Waals surface area contributed by atoms with Crippen molar-refractivity contribution in [1.82, 2.24) is 9.97 Å². The Bertz CT molecular complexity index is 610. The fourth-order valence-corrected chi connectivity index (χ4v) is 3.05. The topological polar surface area (TPSA) is 90.3 Å². The number of nitrogen functional groups attached to an aromatic ring is 1. The first-order chi connectivity index (χ1) is 8.63. The van der Waals surface area contributed by atoms with Gasteiger partial charge in [-0.1, -0.05) is 0 Å². The van der Waals surface area contributed by atoms with Gasteiger partial charge < -0.3 is 10.5 Å². The monoisotopic (exact) mass is 301 g/mol. The summed E-state index contributed by atoms with van der Waals surface area (Å²) in [4.78, 5) is 10.3. The molecule has 3 heterocycles. The number of hydrogen-bond donors (Lipinski definition) is 2. The maximum atomic E-state index is 5.75. The molecule has 2 aromatic rings. The fraction of sp³-hybridized carbons (Fsp3) is 0.111. The Balaban J connectivity index is 1.90. The molecule has 0 bridgehead atoms. The van der Waals surface area contributed by atoms with Gasteiger partial charge in [0.15, 0.2) is 5.13 Å². The van der Waals surface area contributed by atoms with Gasteiger partial charge >= 0.3 is 0 Å². The van der Waals surface area contributed by atoms with Gasteiger partial charge in [0.05, 0.1) is 6.20 Å². The van der Waals surface area contributed by atoms with Gasteiger partial charge in [0.1, 0.15) is 16.5 Å². The van der Waals surface area contributed by atoms with Gasteiger partial charge in [-0.2, -0.15) is 0 Å². The average molecular weight is 302 g/mol. The van der Waals surface area contributed by atoms with Crippen LogP contribution in [0.5, 0.6) is 0 Å². The molecule has 0 aliphatic carbocycles. The highest BCUT2D eigenvalue weighted by Gasteiger charge is 2.25. The minimum Gasteiger partial charge on any atom is -0.445 e. The van der Waals surface area contributed by atoms with Crippen LogP contribution in [-0.4, -0.2) is 16.3 Å². The SMILES string of the molecule is Nc1nc(-c2nc(N3C=C(Cl)OC3N)cs2)cs1. The maximum absolute atomic E-state index is 5.75. The molecular formula is C9H8ClN5OS2. The summed E-state index contributed by atoms with van der Waals surface area (Å²) >= 11 is 8.58. The zero-order valence-corrected chi connectivity index (χ0v) is 11.3. The third-order valence-electron chi connectivity index (χ3n) is 2.25. The van der Waals surface area contributed by atoms with Gasteiger partial charge in [-0.05, 0) is 11.6 Å². The molecule has 9 heteroatoms. The molecule has 0 saturated heterocycles. The van der Waals surface area contributed by atoms with E-state index in [1.165, 1.54) is 22.7 Å². The van der Waals surface area contributed by atoms with Crippen molar-refractivity contribution in [3.05, 3.63) is 22.2 Å². The van der Waals surface area contributed by atoms with Crippen molar-refractivity contribution in [2.75, 3.05) is 10.6 Å². The van der Waals surface area contributed by atoms with Crippen LogP contribution in [0.3, 0.4) is 0 Å². The zero-order chi connectivity index (χ0) is 12.7. The summed E-state index contributed by atoms with van der Waals surface area (Å²) in [5.74, 6) is 0.671. The van der Waals surface area contributed by atoms with Crippen LogP contribution in [0.4, 0.5) is 10.9 Å². The van der Waals surface area contributed by atoms with E-state index in [2.05, 4.69) is 9.97 Å². The number of anilines is 2. The minimum absolute atomic E-state index is 0.245. The lowest BCUT2D eigenvalue weighted by Crippen LogP contribution is -2.36. The Kier molecular flexibility index (Phi) is 2.86. The summed E-state index contributed by atoms with van der Waals surface area (Å²) in [5.41, 5.74) is 12.1. The summed E-state index contributed by atoms with van der Waals surface area (Å²) in [6, 6.07) is 0. The number of aromatic nitrogens is 2. The molecule has 6 nitrogen and oxygen atoms in total. The van der Waals surface area contributed by atoms with Crippen LogP contribution in [-0.2, 0) is 4.74 Å². The first-order valence-corrected chi connectivity index (χ1v) is 7.02. The van der Waals surface area contributed by atoms with Crippen LogP contribution in [0.1, 0.15) is 0 Å². The van der Waals surface area contributed by atoms with E-state index < -0.39 is 6.35 Å². The number of hydrogen-bond acceptors (Lipinski definition) is 8. The van der Waals surface area contributed by atoms with Gasteiger partial charge in [0.25, 0.3) is 0 Å². The molecule has 3 rings (SSSR count). The van der Waals surface area contributed by atoms with Crippen LogP contribution in [0.2, 0.25) is 0 Å². The molecule has 0 radical (unpaired) electrons. The van der Waals surface area contributed by atoms with E-state index in [1.807, 2.05) is 10.8 Å². The molecule has 0 spiro atoms. The highest BCUT2D eigenvalue weighted by Crippen LogP contribution is 2.32. The molecule has 0 fully saturated rings. The van der Waals surface area contributed by atoms with Crippen molar-refractivity contribution in [1.29, 1.82) is 0 Å². The molecule has 94 valence electrons. The van der Waals surface area contributed by atoms with Crippen LogP contribution >= 0.6 is 34.3 Å². The van der Waals surface area contributed by atoms with E-state index in [9.17, 15) is 0 Å². The third kappa shape index (κ3) is 2.03. The number of nitrogens with zero attached hydrogens (tertiary/aromatic N) is 3. The maximum Gasteiger partial charge on any atom is 0.233 e. The molecule has 1 aliphatic rings. The highest BCUT2D eigenvalue weighted by molar-refractivity contribution is 7.15. The lowest BCUT2D eigenvalue weighted by Gasteiger charge is -2.16. The van der Waals surface area contributed by atoms with Gasteiger partial charge in [-0.3, -0.25) is 10.6 Å². The van der Waals surface area contributed by atoms with Crippen molar-refractivity contribution in [2.24, 2.45) is 5.73 Å². The summed E-state index contributed by atoms with van der Waals surface area (Å²) in [7, 11) is 0. The predicted molar refractivity (Wildman–Crippen MR) is 73.1 cm³/mol. The van der Waals surface area contributed by atoms with Crippen LogP contribution in [0, 0.1) is 0 Å². The Morgan fingerprint density at radius 3 is 2.78 bits per heavy atom. The number of nitrogens with two attached hydrogens (primary N) is 2. The summed E-state index contributed by atoms with van der Waals surface area (Å²) in [6.07, 6.45) is 0.952. The highest BCUT2D eigenvalue weighted by atomic mass is 35.5. The zero-order valence-electron chi connectivity index (χ0n) is 8.91. The van der Waals surface area contributed by atoms with Crippen molar-refractivity contribution in [3.8, 4) is 10.7 Å². The van der Waals surface area contributed by atoms with E-state index in [1.54, 1.807) is 11.1 Å². The standard InChI is InChI=1S/C9H8ClN5OS2/c10-5-1-15(9(12)16-5)6-3-17-7(14-6)4-2-18-8(11)13-4/h1-3,9H,12H2,(H2,11,13). The Morgan fingerprint density at radius 2 is 2.17 bits per heavy atom. The summed E-state index contributed by atoms with van der Waals surface area (Å²) in [6.45, 7) is 0. The van der Waals surface area contributed by atoms with Gasteiger partial charge in [-0.15, -0.1) is 22.7 Å². The molecular weight excluding hydrogens is 294 g/mol. The second kappa shape index (κ2) is 4.39. The van der Waals surface area contributed by atoms with Crippen molar-refractivity contribution < 1.29 is 4.74 Å². The summed E-state index contributed by atoms with van der Waals surface area (Å²) < 4.78 is 5.11. The second-order valence-electron chi connectivity index (χ2n) is 3.43. The Labute approximate surface area is 115 Å². The molecule has 0 amide bonds. The minimum atomic E-state index is -0.645. The number of ether oxygens (including phenoxy) is 1. The number of halogens is 1. The van der Waals surface area contributed by atoms with Gasteiger partial charge in [0, 0.05) is 10.8 Å². The second-order valence-corrected chi connectivity index (χ2v) is 5.55. The molecule has 1 aliphatic heterocycles. The number of rotatable bonds is 2. The quantitative estimate of drug-likeness (QED) is 0.881. The molecule has 0 aromatic carbocycles. The van der Waals surface area contributed by atoms with Crippen LogP contribution in [0.25, 0.3) is 10.7 Å². The largest absolute Gasteiger partial charge is 0.445 e. The Hall–Kier alpha value is -1.35. The van der Waals surface area contributed by atoms with Crippen LogP contribution < -0.4 is 16.4 Å². The van der Waals surface area contributed by atoms with E-state index in [4.69, 9.17) is 27.8 Å². The van der Waals surface area contributed by atoms with Crippen molar-refractivity contribution in [2.45, 2.75) is 6.35 Å². The van der Waals surface area contributed by atoms with Crippen molar-refractivity contribution >= 4 is 45.2 Å². The molecule has 1 atom stereocenters. The van der Waals surface area contributed by atoms with E-state index in [0.29, 0.717) is 10.9 Å². The lowest BCUT2D eigenvalue weighted by atomic mass is 10.5. The van der Waals surface area contributed by atoms with Gasteiger partial charge in [-0.25, -0.2) is 9.97 Å². The normalized spacial score (nSPS) is 18.9. The average Bonchev–Trinajstić information content (AvgIpc) is 2.98. The van der Waals surface area contributed by atoms with Crippen LogP contribution in [0.15, 0.2) is 22.2 Å². The smallest absolute Gasteiger partial charge is 0.233 e. The summed E-state index contributed by atoms with van der Waals surface area (Å²) in [5, 5.41) is 5.27.